The van der Waals surface area contributed by atoms with Crippen molar-refractivity contribution in [3.05, 3.63) is 81.4 Å². The van der Waals surface area contributed by atoms with E-state index in [0.29, 0.717) is 38.1 Å². The molecule has 13 heterocycles. The van der Waals surface area contributed by atoms with Gasteiger partial charge in [0.15, 0.2) is 79.1 Å². The first-order chi connectivity index (χ1) is 55.1. The van der Waals surface area contributed by atoms with Gasteiger partial charge in [0.1, 0.15) is 0 Å². The van der Waals surface area contributed by atoms with Crippen LogP contribution in [0.25, 0.3) is 43.9 Å². The number of morpholine rings is 2. The number of nitrogens with one attached hydrogen (secondary N) is 2. The number of aliphatic hydroxyl groups is 3. The minimum Gasteiger partial charge on any atom is -0.416 e. The van der Waals surface area contributed by atoms with Gasteiger partial charge in [-0.2, -0.15) is 8.78 Å². The lowest BCUT2D eigenvalue weighted by atomic mass is 9.66. The van der Waals surface area contributed by atoms with Crippen LogP contribution in [0.1, 0.15) is 86.6 Å². The summed E-state index contributed by atoms with van der Waals surface area (Å²) in [5.74, 6) is -7.52. The first-order valence-corrected chi connectivity index (χ1v) is 42.9. The number of fused-ring (bicyclic) bond motifs is 8. The molecule has 0 radical (unpaired) electrons. The number of thioether (sulfide) groups is 4. The molecule has 8 saturated heterocycles. The van der Waals surface area contributed by atoms with Crippen molar-refractivity contribution >= 4 is 185 Å². The number of ether oxygens (including phenoxy) is 4. The number of barbiturate groups is 1. The Hall–Kier alpha value is -8.93. The maximum atomic E-state index is 16.1. The van der Waals surface area contributed by atoms with Gasteiger partial charge in [-0.3, -0.25) is 68.6 Å². The predicted molar refractivity (Wildman–Crippen MR) is 413 cm³/mol. The summed E-state index contributed by atoms with van der Waals surface area (Å²) in [7, 11) is -1.96. The number of amides is 8. The average molecular weight is 1720 g/mol. The van der Waals surface area contributed by atoms with Crippen LogP contribution in [0.4, 0.5) is 85.0 Å². The molecule has 9 aliphatic heterocycles. The third-order valence-corrected chi connectivity index (χ3v) is 30.1. The summed E-state index contributed by atoms with van der Waals surface area (Å²) in [6.45, 7) is 20.5. The summed E-state index contributed by atoms with van der Waals surface area (Å²) in [6, 6.07) is 3.72. The van der Waals surface area contributed by atoms with E-state index in [-0.39, 0.29) is 221 Å². The number of aldehydes is 2. The molecule has 8 fully saturated rings. The molecule has 8 aromatic rings. The lowest BCUT2D eigenvalue weighted by Crippen LogP contribution is -2.75. The summed E-state index contributed by atoms with van der Waals surface area (Å²) >= 11 is 4.01. The van der Waals surface area contributed by atoms with Crippen molar-refractivity contribution in [2.75, 3.05) is 115 Å². The van der Waals surface area contributed by atoms with E-state index in [0.717, 1.165) is 53.1 Å². The Morgan fingerprint density at radius 3 is 1.39 bits per heavy atom. The highest BCUT2D eigenvalue weighted by atomic mass is 32.2. The molecule has 1 spiro atoms. The van der Waals surface area contributed by atoms with Crippen molar-refractivity contribution < 1.29 is 126 Å². The van der Waals surface area contributed by atoms with E-state index in [9.17, 15) is 70.9 Å². The molecule has 0 bridgehead atoms. The summed E-state index contributed by atoms with van der Waals surface area (Å²) in [5.41, 5.74) is -2.58. The van der Waals surface area contributed by atoms with E-state index in [1.807, 2.05) is 13.8 Å². The molecule has 0 saturated carbocycles. The Morgan fingerprint density at radius 1 is 0.534 bits per heavy atom. The molecule has 5 N–H and O–H groups in total. The molecule has 4 aromatic carbocycles. The number of aromatic nitrogens is 4. The van der Waals surface area contributed by atoms with E-state index in [1.165, 1.54) is 31.7 Å². The number of benzene rings is 4. The Morgan fingerprint density at radius 2 is 0.940 bits per heavy atom. The molecule has 0 aliphatic carbocycles. The minimum absolute atomic E-state index is 0.000417. The number of anilines is 6. The van der Waals surface area contributed by atoms with Gasteiger partial charge in [-0.1, -0.05) is 88.4 Å². The number of nitrogens with zero attached hydrogens (tertiary/aromatic N) is 10. The van der Waals surface area contributed by atoms with Gasteiger partial charge in [0, 0.05) is 70.0 Å². The van der Waals surface area contributed by atoms with E-state index in [2.05, 4.69) is 65.1 Å². The number of imide groups is 2. The lowest BCUT2D eigenvalue weighted by Gasteiger charge is -2.55. The molecule has 17 rings (SSSR count). The molecule has 44 heteroatoms. The second-order valence-corrected chi connectivity index (χ2v) is 40.1. The van der Waals surface area contributed by atoms with E-state index in [4.69, 9.17) is 46.6 Å². The van der Waals surface area contributed by atoms with Crippen molar-refractivity contribution in [3.8, 4) is 0 Å². The number of carbonyl (C=O) groups excluding carboxylic acids is 9. The van der Waals surface area contributed by atoms with Gasteiger partial charge < -0.3 is 66.6 Å². The van der Waals surface area contributed by atoms with Gasteiger partial charge in [-0.15, -0.1) is 0 Å². The highest BCUT2D eigenvalue weighted by molar-refractivity contribution is 8.15. The van der Waals surface area contributed by atoms with Crippen molar-refractivity contribution in [1.82, 2.24) is 31.3 Å². The van der Waals surface area contributed by atoms with Crippen LogP contribution >= 0.6 is 47.0 Å². The molecule has 8 amide bonds. The third-order valence-electron chi connectivity index (χ3n) is 21.4. The van der Waals surface area contributed by atoms with Gasteiger partial charge in [-0.25, -0.2) is 22.4 Å². The number of hydrogen-bond acceptors (Lipinski definition) is 31. The number of aliphatic hydroxyl groups excluding tert-OH is 3. The van der Waals surface area contributed by atoms with Crippen molar-refractivity contribution in [3.63, 3.8) is 0 Å². The Balaban J connectivity index is 0.000000130. The smallest absolute Gasteiger partial charge is 0.328 e. The predicted octanol–water partition coefficient (Wildman–Crippen LogP) is 10.5. The Kier molecular flexibility index (Phi) is 23.6. The first kappa shape index (κ1) is 83.6. The van der Waals surface area contributed by atoms with Crippen LogP contribution < -0.4 is 40.0 Å². The lowest BCUT2D eigenvalue weighted by molar-refractivity contribution is -0.153. The molecule has 0 unspecified atom stereocenters. The van der Waals surface area contributed by atoms with Crippen LogP contribution in [0.15, 0.2) is 42.4 Å². The standard InChI is InChI=1S/C22H22FN5O7S.C20H26F2N2O5SSi.C18H20FN3O5S.C12H8F2N2O4S/c1-8-5-27-14-10(4-22(16(27)9(2)34-8)18(30)24-20(32)25-19(22)31)3-12-15(13(14)23)35-26-17(12)28-6-11(7-29)36-21(28)33;1-20(2,3)31(4,5)28-10-11-9-24(19(25)30-11)17-13-8-12(18-26-6-7-27-18)14(21)15(22)16(13)29-23-17;1-9-4-21(5-10(2)26-9)15-11(7-23)3-13-16(14(15)19)27-20-17(13)22-6-12(8-24)28-18(22)25;13-8-5(3-17)1-7-10(9(8)14)20-15-11(7)16-2-6(4-18)21-12(16)19/h3,8-9,11,16,29H,4-7H2,1-2H3,(H2,24,25,30,31,32);8,11,18H,6-7,9-10H2,1-5H3;3,7,9-10,12,24H,4-6,8H2,1-2H3;1,3,6,18H,2,4H2/t8-,9+,11-,16-;11-;9-,10-,12-;6-/m1111/s1. The fourth-order valence-electron chi connectivity index (χ4n) is 15.0. The monoisotopic (exact) mass is 1710 g/mol. The van der Waals surface area contributed by atoms with Crippen LogP contribution in [-0.2, 0) is 39.4 Å². The summed E-state index contributed by atoms with van der Waals surface area (Å²) in [5, 5.41) is 45.9. The quantitative estimate of drug-likeness (QED) is 0.0292. The van der Waals surface area contributed by atoms with Crippen LogP contribution in [0.2, 0.25) is 18.1 Å². The van der Waals surface area contributed by atoms with Crippen molar-refractivity contribution in [1.29, 1.82) is 0 Å². The zero-order valence-corrected chi connectivity index (χ0v) is 67.5. The molecule has 4 aromatic heterocycles. The summed E-state index contributed by atoms with van der Waals surface area (Å²) < 4.78 is 137. The second-order valence-electron chi connectivity index (χ2n) is 30.2. The SMILES string of the molecule is CC(C)(C)[Si](C)(C)OC[C@H]1CN(c2noc3c(F)c(F)c(C4OCCO4)cc23)C(=O)S1.C[C@@H]1CN(c2c(C=O)cc3c(N4C[C@H](CO)SC4=O)noc3c2F)C[C@@H](C)O1.C[C@@H]1CN2c3c(cc4c(N5C[C@H](CO)SC5=O)noc4c3F)CC3(C(=O)NC(=O)NC3=O)[C@H]2[C@H](C)O1.O=Cc1cc2c(N3C[C@H](CO)SC3=O)noc2c(F)c1F. The molecule has 116 heavy (non-hydrogen) atoms. The minimum atomic E-state index is -1.96. The largest absolute Gasteiger partial charge is 0.416 e. The van der Waals surface area contributed by atoms with Crippen LogP contribution in [0.5, 0.6) is 0 Å². The Bertz CT molecular complexity index is 5270. The van der Waals surface area contributed by atoms with E-state index >= 15 is 8.78 Å². The van der Waals surface area contributed by atoms with Gasteiger partial charge in [0.2, 0.25) is 45.8 Å². The normalized spacial score (nSPS) is 24.4. The number of hydrogen-bond donors (Lipinski definition) is 5. The fourth-order valence-corrected chi connectivity index (χ4v) is 19.7. The zero-order chi connectivity index (χ0) is 83.2. The number of halogens is 6. The summed E-state index contributed by atoms with van der Waals surface area (Å²) in [6.07, 6.45) is -1.67. The fraction of sp³-hybridized carbons (Fsp3) is 0.486. The van der Waals surface area contributed by atoms with Crippen LogP contribution in [-0.4, -0.2) is 233 Å². The van der Waals surface area contributed by atoms with E-state index < -0.39 is 96.1 Å². The molecular weight excluding hydrogens is 1640 g/mol. The molecule has 33 nitrogen and oxygen atoms in total. The second kappa shape index (κ2) is 32.8. The molecular formula is C72H76F6N12O21S4Si. The van der Waals surface area contributed by atoms with Crippen LogP contribution in [0.3, 0.4) is 0 Å². The van der Waals surface area contributed by atoms with Crippen molar-refractivity contribution in [2.24, 2.45) is 5.41 Å². The van der Waals surface area contributed by atoms with E-state index in [1.54, 1.807) is 29.7 Å². The van der Waals surface area contributed by atoms with Gasteiger partial charge in [0.25, 0.3) is 21.0 Å². The maximum absolute atomic E-state index is 16.1. The highest BCUT2D eigenvalue weighted by Gasteiger charge is 2.64. The van der Waals surface area contributed by atoms with Gasteiger partial charge in [0.05, 0.1) is 123 Å². The topological polar surface area (TPSA) is 408 Å². The number of carbonyl (C=O) groups is 9. The van der Waals surface area contributed by atoms with Crippen LogP contribution in [0, 0.1) is 40.3 Å². The van der Waals surface area contributed by atoms with Gasteiger partial charge in [-0.05, 0) is 75.7 Å². The first-order valence-electron chi connectivity index (χ1n) is 36.4. The molecule has 620 valence electrons. The zero-order valence-electron chi connectivity index (χ0n) is 63.2. The molecule has 9 aliphatic rings. The highest BCUT2D eigenvalue weighted by Crippen LogP contribution is 2.52. The average Bonchev–Trinajstić information content (AvgIpc) is 0.989. The number of urea groups is 1. The van der Waals surface area contributed by atoms with Gasteiger partial charge >= 0.3 is 6.03 Å². The van der Waals surface area contributed by atoms with Crippen molar-refractivity contribution in [2.45, 2.75) is 131 Å². The summed E-state index contributed by atoms with van der Waals surface area (Å²) in [4.78, 5) is 119. The third kappa shape index (κ3) is 15.1. The Labute approximate surface area is 671 Å². The number of rotatable bonds is 14. The maximum Gasteiger partial charge on any atom is 0.328 e. The molecule has 9 atom stereocenters.